The second-order valence-electron chi connectivity index (χ2n) is 4.09. The van der Waals surface area contributed by atoms with Crippen LogP contribution in [0.4, 0.5) is 5.69 Å². The van der Waals surface area contributed by atoms with Gasteiger partial charge < -0.3 is 10.0 Å². The fourth-order valence-corrected chi connectivity index (χ4v) is 2.01. The van der Waals surface area contributed by atoms with Crippen molar-refractivity contribution >= 4 is 5.69 Å². The molecule has 14 heavy (non-hydrogen) atoms. The lowest BCUT2D eigenvalue weighted by atomic mass is 10.00. The van der Waals surface area contributed by atoms with E-state index in [1.165, 1.54) is 19.0 Å². The number of rotatable bonds is 1. The Bertz CT molecular complexity index is 314. The first-order valence-electron chi connectivity index (χ1n) is 5.14. The summed E-state index contributed by atoms with van der Waals surface area (Å²) in [6.07, 6.45) is 5.83. The minimum atomic E-state index is 0.251. The summed E-state index contributed by atoms with van der Waals surface area (Å²) in [5.41, 5.74) is 1.04. The monoisotopic (exact) mass is 192 g/mol. The number of pyridine rings is 1. The van der Waals surface area contributed by atoms with Gasteiger partial charge in [-0.15, -0.1) is 0 Å². The maximum atomic E-state index is 9.32. The average molecular weight is 192 g/mol. The third-order valence-electron chi connectivity index (χ3n) is 2.73. The normalized spacial score (nSPS) is 22.4. The van der Waals surface area contributed by atoms with Crippen LogP contribution in [0.3, 0.4) is 0 Å². The molecule has 76 valence electrons. The summed E-state index contributed by atoms with van der Waals surface area (Å²) in [5.74, 6) is 0.992. The summed E-state index contributed by atoms with van der Waals surface area (Å²) < 4.78 is 0. The Labute approximate surface area is 84.4 Å². The highest BCUT2D eigenvalue weighted by Gasteiger charge is 2.16. The Morgan fingerprint density at radius 3 is 3.07 bits per heavy atom. The van der Waals surface area contributed by atoms with Crippen LogP contribution in [0, 0.1) is 5.92 Å². The van der Waals surface area contributed by atoms with Gasteiger partial charge in [0, 0.05) is 19.2 Å². The Balaban J connectivity index is 2.14. The molecule has 0 amide bonds. The van der Waals surface area contributed by atoms with Crippen LogP contribution in [-0.4, -0.2) is 23.2 Å². The zero-order valence-electron chi connectivity index (χ0n) is 8.48. The molecular formula is C11H16N2O. The highest BCUT2D eigenvalue weighted by atomic mass is 16.3. The molecule has 1 atom stereocenters. The van der Waals surface area contributed by atoms with Gasteiger partial charge in [0.1, 0.15) is 5.75 Å². The minimum absolute atomic E-state index is 0.251. The number of aromatic nitrogens is 1. The molecule has 0 bridgehead atoms. The average Bonchev–Trinajstić information content (AvgIpc) is 2.18. The second kappa shape index (κ2) is 3.86. The van der Waals surface area contributed by atoms with Crippen LogP contribution in [0.15, 0.2) is 18.5 Å². The smallest absolute Gasteiger partial charge is 0.135 e. The van der Waals surface area contributed by atoms with Gasteiger partial charge in [-0.2, -0.15) is 0 Å². The largest absolute Gasteiger partial charge is 0.506 e. The zero-order chi connectivity index (χ0) is 9.97. The van der Waals surface area contributed by atoms with Crippen LogP contribution in [0.5, 0.6) is 5.75 Å². The molecule has 1 aliphatic rings. The molecule has 1 unspecified atom stereocenters. The molecular weight excluding hydrogens is 176 g/mol. The molecule has 0 radical (unpaired) electrons. The van der Waals surface area contributed by atoms with Crippen molar-refractivity contribution in [3.63, 3.8) is 0 Å². The van der Waals surface area contributed by atoms with Gasteiger partial charge in [0.2, 0.25) is 0 Å². The van der Waals surface area contributed by atoms with Gasteiger partial charge in [-0.25, -0.2) is 0 Å². The lowest BCUT2D eigenvalue weighted by molar-refractivity contribution is 0.444. The Morgan fingerprint density at radius 1 is 1.50 bits per heavy atom. The SMILES string of the molecule is CC1CCCN(c2cncc(O)c2)C1. The number of hydrogen-bond acceptors (Lipinski definition) is 3. The van der Waals surface area contributed by atoms with Crippen molar-refractivity contribution in [2.75, 3.05) is 18.0 Å². The molecule has 2 rings (SSSR count). The summed E-state index contributed by atoms with van der Waals surface area (Å²) in [4.78, 5) is 6.29. The molecule has 0 spiro atoms. The molecule has 1 fully saturated rings. The van der Waals surface area contributed by atoms with Crippen LogP contribution >= 0.6 is 0 Å². The van der Waals surface area contributed by atoms with Gasteiger partial charge in [0.15, 0.2) is 0 Å². The van der Waals surface area contributed by atoms with E-state index < -0.39 is 0 Å². The molecule has 3 nitrogen and oxygen atoms in total. The lowest BCUT2D eigenvalue weighted by Crippen LogP contribution is -2.34. The molecule has 1 saturated heterocycles. The highest BCUT2D eigenvalue weighted by Crippen LogP contribution is 2.24. The van der Waals surface area contributed by atoms with E-state index >= 15 is 0 Å². The Kier molecular flexibility index (Phi) is 2.57. The van der Waals surface area contributed by atoms with E-state index in [1.807, 2.05) is 6.20 Å². The van der Waals surface area contributed by atoms with E-state index in [9.17, 15) is 5.11 Å². The summed E-state index contributed by atoms with van der Waals surface area (Å²) in [6, 6.07) is 1.78. The fraction of sp³-hybridized carbons (Fsp3) is 0.545. The highest BCUT2D eigenvalue weighted by molar-refractivity contribution is 5.47. The molecule has 1 aromatic rings. The van der Waals surface area contributed by atoms with Crippen molar-refractivity contribution in [3.05, 3.63) is 18.5 Å². The zero-order valence-corrected chi connectivity index (χ0v) is 8.48. The first-order chi connectivity index (χ1) is 6.75. The standard InChI is InChI=1S/C11H16N2O/c1-9-3-2-4-13(8-9)10-5-11(14)7-12-6-10/h5-7,9,14H,2-4,8H2,1H3. The summed E-state index contributed by atoms with van der Waals surface area (Å²) in [6.45, 7) is 4.42. The molecule has 0 saturated carbocycles. The van der Waals surface area contributed by atoms with Gasteiger partial charge in [-0.3, -0.25) is 4.98 Å². The van der Waals surface area contributed by atoms with Crippen molar-refractivity contribution in [1.82, 2.24) is 4.98 Å². The van der Waals surface area contributed by atoms with Crippen LogP contribution in [0.2, 0.25) is 0 Å². The van der Waals surface area contributed by atoms with Crippen LogP contribution in [0.1, 0.15) is 19.8 Å². The van der Waals surface area contributed by atoms with Crippen molar-refractivity contribution in [3.8, 4) is 5.75 Å². The fourth-order valence-electron chi connectivity index (χ4n) is 2.01. The molecule has 0 aromatic carbocycles. The van der Waals surface area contributed by atoms with Crippen LogP contribution in [-0.2, 0) is 0 Å². The predicted molar refractivity (Wildman–Crippen MR) is 56.5 cm³/mol. The van der Waals surface area contributed by atoms with E-state index in [4.69, 9.17) is 0 Å². The number of anilines is 1. The summed E-state index contributed by atoms with van der Waals surface area (Å²) >= 11 is 0. The maximum Gasteiger partial charge on any atom is 0.135 e. The summed E-state index contributed by atoms with van der Waals surface area (Å²) in [5, 5.41) is 9.32. The van der Waals surface area contributed by atoms with E-state index in [2.05, 4.69) is 16.8 Å². The molecule has 1 N–H and O–H groups in total. The van der Waals surface area contributed by atoms with E-state index in [0.29, 0.717) is 0 Å². The second-order valence-corrected chi connectivity index (χ2v) is 4.09. The van der Waals surface area contributed by atoms with Gasteiger partial charge in [0.25, 0.3) is 0 Å². The molecule has 1 aromatic heterocycles. The quantitative estimate of drug-likeness (QED) is 0.739. The number of piperidine rings is 1. The van der Waals surface area contributed by atoms with Crippen molar-refractivity contribution in [2.24, 2.45) is 5.92 Å². The van der Waals surface area contributed by atoms with E-state index in [1.54, 1.807) is 6.07 Å². The summed E-state index contributed by atoms with van der Waals surface area (Å²) in [7, 11) is 0. The van der Waals surface area contributed by atoms with E-state index in [0.717, 1.165) is 24.7 Å². The van der Waals surface area contributed by atoms with E-state index in [-0.39, 0.29) is 5.75 Å². The Morgan fingerprint density at radius 2 is 2.36 bits per heavy atom. The Hall–Kier alpha value is -1.25. The third kappa shape index (κ3) is 1.97. The van der Waals surface area contributed by atoms with Crippen molar-refractivity contribution < 1.29 is 5.11 Å². The predicted octanol–water partition coefficient (Wildman–Crippen LogP) is 2.02. The third-order valence-corrected chi connectivity index (χ3v) is 2.73. The van der Waals surface area contributed by atoms with Gasteiger partial charge in [-0.1, -0.05) is 6.92 Å². The molecule has 3 heteroatoms. The van der Waals surface area contributed by atoms with Crippen molar-refractivity contribution in [1.29, 1.82) is 0 Å². The lowest BCUT2D eigenvalue weighted by Gasteiger charge is -2.32. The number of hydrogen-bond donors (Lipinski definition) is 1. The van der Waals surface area contributed by atoms with Crippen LogP contribution in [0.25, 0.3) is 0 Å². The maximum absolute atomic E-state index is 9.32. The van der Waals surface area contributed by atoms with Crippen LogP contribution < -0.4 is 4.90 Å². The molecule has 1 aliphatic heterocycles. The van der Waals surface area contributed by atoms with Gasteiger partial charge in [0.05, 0.1) is 18.1 Å². The molecule has 0 aliphatic carbocycles. The number of aromatic hydroxyl groups is 1. The van der Waals surface area contributed by atoms with Gasteiger partial charge in [-0.05, 0) is 18.8 Å². The first kappa shape index (κ1) is 9.31. The topological polar surface area (TPSA) is 36.4 Å². The van der Waals surface area contributed by atoms with Crippen molar-refractivity contribution in [2.45, 2.75) is 19.8 Å². The molecule has 2 heterocycles. The minimum Gasteiger partial charge on any atom is -0.506 e. The van der Waals surface area contributed by atoms with Gasteiger partial charge >= 0.3 is 0 Å². The number of nitrogens with zero attached hydrogens (tertiary/aromatic N) is 2. The first-order valence-corrected chi connectivity index (χ1v) is 5.14.